The number of methoxy groups -OCH3 is 3. The number of anilines is 1. The Morgan fingerprint density at radius 3 is 2.41 bits per heavy atom. The molecule has 7 rings (SSSR count). The molecule has 5 atom stereocenters. The lowest BCUT2D eigenvalue weighted by Crippen LogP contribution is -2.39. The molecule has 1 heterocycles. The first-order valence-electron chi connectivity index (χ1n) is 15.7. The number of fused-ring (bicyclic) bond motifs is 5. The SMILES string of the molecule is COC(=O)[C@H]1C2=C(C(=O)C[C@@H]1c1ccc(OC)c(OC)c1)[C@@H](C=C1C[C@@H]3CC[C@@]1(C)C3(C)C)c1ccc3ccccc3c1N2. The smallest absolute Gasteiger partial charge is 0.315 e. The number of Topliss-reactive ketones (excluding diaryl/α,β-unsaturated/α-hetero) is 1. The maximum absolute atomic E-state index is 14.4. The summed E-state index contributed by atoms with van der Waals surface area (Å²) in [6.45, 7) is 7.23. The fourth-order valence-electron chi connectivity index (χ4n) is 8.86. The van der Waals surface area contributed by atoms with Gasteiger partial charge in [0.2, 0.25) is 0 Å². The standard InChI is InChI=1S/C38H41NO5/c1-37(2)23-15-16-38(37,3)24(18-23)19-28-26-13-11-21-9-7-8-10-25(21)34(26)39-35-32(28)29(40)20-27(33(35)36(41)44-6)22-12-14-30(42-4)31(17-22)43-5/h7-14,17,19,23,27-28,33,39H,15-16,18,20H2,1-6H3/t23-,27+,28-,33+,38+/m0/s1. The summed E-state index contributed by atoms with van der Waals surface area (Å²) in [6, 6.07) is 18.2. The summed E-state index contributed by atoms with van der Waals surface area (Å²) in [5, 5.41) is 5.86. The van der Waals surface area contributed by atoms with Crippen LogP contribution in [0.4, 0.5) is 5.69 Å². The van der Waals surface area contributed by atoms with E-state index in [4.69, 9.17) is 14.2 Å². The fourth-order valence-corrected chi connectivity index (χ4v) is 8.86. The minimum absolute atomic E-state index is 0.0562. The lowest BCUT2D eigenvalue weighted by molar-refractivity contribution is -0.145. The van der Waals surface area contributed by atoms with Gasteiger partial charge in [0, 0.05) is 34.9 Å². The van der Waals surface area contributed by atoms with E-state index in [1.807, 2.05) is 30.3 Å². The Hall–Kier alpha value is -4.06. The normalized spacial score (nSPS) is 29.3. The van der Waals surface area contributed by atoms with E-state index in [1.54, 1.807) is 14.2 Å². The Morgan fingerprint density at radius 2 is 1.73 bits per heavy atom. The second-order valence-electron chi connectivity index (χ2n) is 13.7. The van der Waals surface area contributed by atoms with E-state index < -0.39 is 11.8 Å². The van der Waals surface area contributed by atoms with Gasteiger partial charge in [-0.05, 0) is 64.7 Å². The number of allylic oxidation sites excluding steroid dienone is 3. The van der Waals surface area contributed by atoms with Gasteiger partial charge < -0.3 is 19.5 Å². The van der Waals surface area contributed by atoms with Crippen LogP contribution in [0.3, 0.4) is 0 Å². The molecule has 0 saturated heterocycles. The van der Waals surface area contributed by atoms with Crippen LogP contribution in [0.1, 0.15) is 69.4 Å². The molecule has 44 heavy (non-hydrogen) atoms. The van der Waals surface area contributed by atoms with Crippen molar-refractivity contribution >= 4 is 28.2 Å². The third-order valence-electron chi connectivity index (χ3n) is 11.8. The van der Waals surface area contributed by atoms with Gasteiger partial charge in [0.25, 0.3) is 0 Å². The van der Waals surface area contributed by atoms with Crippen LogP contribution in [0, 0.1) is 22.7 Å². The average molecular weight is 592 g/mol. The van der Waals surface area contributed by atoms with E-state index in [9.17, 15) is 9.59 Å². The van der Waals surface area contributed by atoms with Gasteiger partial charge in [-0.15, -0.1) is 0 Å². The van der Waals surface area contributed by atoms with Crippen LogP contribution in [0.2, 0.25) is 0 Å². The molecule has 6 nitrogen and oxygen atoms in total. The minimum atomic E-state index is -0.689. The van der Waals surface area contributed by atoms with Gasteiger partial charge in [-0.25, -0.2) is 0 Å². The number of nitrogens with one attached hydrogen (secondary N) is 1. The third kappa shape index (κ3) is 3.99. The molecule has 2 bridgehead atoms. The van der Waals surface area contributed by atoms with Crippen molar-refractivity contribution in [1.29, 1.82) is 0 Å². The molecule has 4 aliphatic rings. The molecule has 0 aromatic heterocycles. The van der Waals surface area contributed by atoms with Crippen molar-refractivity contribution in [2.75, 3.05) is 26.6 Å². The Balaban J connectivity index is 1.44. The summed E-state index contributed by atoms with van der Waals surface area (Å²) >= 11 is 0. The predicted molar refractivity (Wildman–Crippen MR) is 172 cm³/mol. The van der Waals surface area contributed by atoms with Crippen molar-refractivity contribution in [3.8, 4) is 11.5 Å². The van der Waals surface area contributed by atoms with Crippen molar-refractivity contribution in [2.24, 2.45) is 22.7 Å². The van der Waals surface area contributed by atoms with Crippen molar-refractivity contribution in [3.63, 3.8) is 0 Å². The zero-order chi connectivity index (χ0) is 31.0. The molecule has 2 fully saturated rings. The lowest BCUT2D eigenvalue weighted by atomic mass is 9.66. The van der Waals surface area contributed by atoms with Gasteiger partial charge >= 0.3 is 5.97 Å². The summed E-state index contributed by atoms with van der Waals surface area (Å²) in [6.07, 6.45) is 6.07. The summed E-state index contributed by atoms with van der Waals surface area (Å²) < 4.78 is 16.5. The van der Waals surface area contributed by atoms with Gasteiger partial charge in [0.1, 0.15) is 5.92 Å². The van der Waals surface area contributed by atoms with Crippen LogP contribution >= 0.6 is 0 Å². The van der Waals surface area contributed by atoms with Crippen LogP contribution in [0.15, 0.2) is 77.5 Å². The molecular formula is C38H41NO5. The van der Waals surface area contributed by atoms with E-state index >= 15 is 0 Å². The molecule has 1 N–H and O–H groups in total. The Morgan fingerprint density at radius 1 is 0.955 bits per heavy atom. The molecule has 0 spiro atoms. The zero-order valence-corrected chi connectivity index (χ0v) is 26.5. The molecule has 1 aliphatic heterocycles. The van der Waals surface area contributed by atoms with Crippen molar-refractivity contribution in [2.45, 2.75) is 58.3 Å². The van der Waals surface area contributed by atoms with E-state index in [-0.39, 0.29) is 34.9 Å². The van der Waals surface area contributed by atoms with Gasteiger partial charge in [-0.3, -0.25) is 9.59 Å². The van der Waals surface area contributed by atoms with Crippen molar-refractivity contribution in [1.82, 2.24) is 0 Å². The lowest BCUT2D eigenvalue weighted by Gasteiger charge is -2.41. The first-order chi connectivity index (χ1) is 21.1. The molecule has 0 unspecified atom stereocenters. The Labute approximate surface area is 259 Å². The third-order valence-corrected chi connectivity index (χ3v) is 11.8. The predicted octanol–water partition coefficient (Wildman–Crippen LogP) is 7.94. The number of rotatable bonds is 5. The van der Waals surface area contributed by atoms with Crippen LogP contribution in [-0.4, -0.2) is 33.1 Å². The molecule has 2 saturated carbocycles. The van der Waals surface area contributed by atoms with Crippen LogP contribution in [0.5, 0.6) is 11.5 Å². The molecule has 228 valence electrons. The minimum Gasteiger partial charge on any atom is -0.493 e. The molecule has 0 amide bonds. The van der Waals surface area contributed by atoms with Crippen LogP contribution < -0.4 is 14.8 Å². The Bertz CT molecular complexity index is 1770. The fraction of sp³-hybridized carbons (Fsp3) is 0.421. The molecule has 6 heteroatoms. The molecule has 0 radical (unpaired) electrons. The van der Waals surface area contributed by atoms with E-state index in [0.29, 0.717) is 28.7 Å². The summed E-state index contributed by atoms with van der Waals surface area (Å²) in [5.41, 5.74) is 5.97. The topological polar surface area (TPSA) is 73.9 Å². The quantitative estimate of drug-likeness (QED) is 0.240. The Kier molecular flexibility index (Phi) is 6.69. The number of hydrogen-bond acceptors (Lipinski definition) is 6. The van der Waals surface area contributed by atoms with E-state index in [1.165, 1.54) is 19.1 Å². The zero-order valence-electron chi connectivity index (χ0n) is 26.5. The molecule has 3 aromatic rings. The van der Waals surface area contributed by atoms with E-state index in [0.717, 1.165) is 40.4 Å². The van der Waals surface area contributed by atoms with Crippen molar-refractivity contribution < 1.29 is 23.8 Å². The maximum Gasteiger partial charge on any atom is 0.315 e. The highest BCUT2D eigenvalue weighted by Gasteiger charge is 2.59. The van der Waals surface area contributed by atoms with Gasteiger partial charge in [0.15, 0.2) is 17.3 Å². The first-order valence-corrected chi connectivity index (χ1v) is 15.7. The number of ketones is 1. The summed E-state index contributed by atoms with van der Waals surface area (Å²) in [4.78, 5) is 28.2. The summed E-state index contributed by atoms with van der Waals surface area (Å²) in [5.74, 6) is 0.126. The molecule has 3 aromatic carbocycles. The second-order valence-corrected chi connectivity index (χ2v) is 13.7. The maximum atomic E-state index is 14.4. The van der Waals surface area contributed by atoms with Gasteiger partial charge in [0.05, 0.1) is 27.0 Å². The number of benzene rings is 3. The van der Waals surface area contributed by atoms with E-state index in [2.05, 4.69) is 56.4 Å². The second kappa shape index (κ2) is 10.3. The number of ether oxygens (including phenoxy) is 3. The number of carbonyl (C=O) groups excluding carboxylic acids is 2. The van der Waals surface area contributed by atoms with Crippen LogP contribution in [-0.2, 0) is 14.3 Å². The van der Waals surface area contributed by atoms with Crippen molar-refractivity contribution in [3.05, 3.63) is 88.6 Å². The highest BCUT2D eigenvalue weighted by atomic mass is 16.5. The van der Waals surface area contributed by atoms with Crippen LogP contribution in [0.25, 0.3) is 10.8 Å². The van der Waals surface area contributed by atoms with Gasteiger partial charge in [-0.2, -0.15) is 0 Å². The number of carbonyl (C=O) groups is 2. The molecule has 3 aliphatic carbocycles. The average Bonchev–Trinajstić information content (AvgIpc) is 3.37. The highest BCUT2D eigenvalue weighted by molar-refractivity contribution is 6.07. The highest BCUT2D eigenvalue weighted by Crippen LogP contribution is 2.68. The largest absolute Gasteiger partial charge is 0.493 e. The number of hydrogen-bond donors (Lipinski definition) is 1. The monoisotopic (exact) mass is 591 g/mol. The molecular weight excluding hydrogens is 550 g/mol. The number of esters is 1. The van der Waals surface area contributed by atoms with Gasteiger partial charge in [-0.1, -0.05) is 74.9 Å². The summed E-state index contributed by atoms with van der Waals surface area (Å²) in [7, 11) is 4.61. The first kappa shape index (κ1) is 28.7.